The van der Waals surface area contributed by atoms with E-state index in [0.29, 0.717) is 6.54 Å². The van der Waals surface area contributed by atoms with Gasteiger partial charge < -0.3 is 14.6 Å². The van der Waals surface area contributed by atoms with Gasteiger partial charge in [0.1, 0.15) is 0 Å². The van der Waals surface area contributed by atoms with Gasteiger partial charge >= 0.3 is 0 Å². The molecule has 1 aliphatic rings. The van der Waals surface area contributed by atoms with Crippen molar-refractivity contribution < 1.29 is 9.53 Å². The molecule has 0 spiro atoms. The molecule has 1 aromatic heterocycles. The van der Waals surface area contributed by atoms with E-state index in [0.717, 1.165) is 60.1 Å². The van der Waals surface area contributed by atoms with Crippen molar-refractivity contribution in [1.29, 1.82) is 0 Å². The molecule has 2 aromatic carbocycles. The van der Waals surface area contributed by atoms with Crippen LogP contribution in [0.25, 0.3) is 22.2 Å². The van der Waals surface area contributed by atoms with Crippen molar-refractivity contribution in [2.24, 2.45) is 0 Å². The number of fused-ring (bicyclic) bond motifs is 1. The number of ether oxygens (including phenoxy) is 1. The number of piperidine rings is 1. The average Bonchev–Trinajstić information content (AvgIpc) is 3.20. The molecule has 1 N–H and O–H groups in total. The summed E-state index contributed by atoms with van der Waals surface area (Å²) in [5, 5.41) is 0. The van der Waals surface area contributed by atoms with Crippen LogP contribution in [0.5, 0.6) is 0 Å². The summed E-state index contributed by atoms with van der Waals surface area (Å²) < 4.78 is 5.87. The fraction of sp³-hybridized carbons (Fsp3) is 0.364. The van der Waals surface area contributed by atoms with Gasteiger partial charge in [-0.1, -0.05) is 25.1 Å². The largest absolute Gasteiger partial charge is 0.376 e. The monoisotopic (exact) mass is 363 g/mol. The highest BCUT2D eigenvalue weighted by Gasteiger charge is 2.25. The van der Waals surface area contributed by atoms with Crippen LogP contribution in [0.3, 0.4) is 0 Å². The molecule has 0 aliphatic carbocycles. The number of imidazole rings is 1. The van der Waals surface area contributed by atoms with Gasteiger partial charge in [-0.2, -0.15) is 0 Å². The number of nitrogens with zero attached hydrogens (tertiary/aromatic N) is 2. The van der Waals surface area contributed by atoms with Crippen LogP contribution < -0.4 is 0 Å². The third-order valence-electron chi connectivity index (χ3n) is 5.09. The molecule has 2 heterocycles. The van der Waals surface area contributed by atoms with Gasteiger partial charge in [-0.25, -0.2) is 4.98 Å². The molecule has 27 heavy (non-hydrogen) atoms. The summed E-state index contributed by atoms with van der Waals surface area (Å²) in [6.45, 7) is 4.36. The maximum atomic E-state index is 13.0. The Hall–Kier alpha value is -2.66. The number of H-pyrrole nitrogens is 1. The van der Waals surface area contributed by atoms with Crippen molar-refractivity contribution in [3.8, 4) is 11.1 Å². The Kier molecular flexibility index (Phi) is 5.21. The molecule has 3 aromatic rings. The van der Waals surface area contributed by atoms with E-state index >= 15 is 0 Å². The number of carbonyl (C=O) groups excluding carboxylic acids is 1. The number of amides is 1. The van der Waals surface area contributed by atoms with Crippen LogP contribution in [-0.4, -0.2) is 46.6 Å². The van der Waals surface area contributed by atoms with Crippen LogP contribution in [0.15, 0.2) is 48.8 Å². The SMILES string of the molecule is CCCOC1CCCN(C(=O)c2cccc(-c3ccc4nc[nH]c4c3)c2)C1. The summed E-state index contributed by atoms with van der Waals surface area (Å²) in [7, 11) is 0. The van der Waals surface area contributed by atoms with E-state index in [4.69, 9.17) is 4.74 Å². The van der Waals surface area contributed by atoms with Crippen molar-refractivity contribution in [2.75, 3.05) is 19.7 Å². The number of carbonyl (C=O) groups is 1. The van der Waals surface area contributed by atoms with Gasteiger partial charge in [-0.05, 0) is 54.7 Å². The number of hydrogen-bond donors (Lipinski definition) is 1. The van der Waals surface area contributed by atoms with E-state index < -0.39 is 0 Å². The molecular formula is C22H25N3O2. The lowest BCUT2D eigenvalue weighted by atomic mass is 10.0. The summed E-state index contributed by atoms with van der Waals surface area (Å²) in [5.41, 5.74) is 4.78. The van der Waals surface area contributed by atoms with Crippen LogP contribution in [0.1, 0.15) is 36.5 Å². The number of aromatic nitrogens is 2. The minimum Gasteiger partial charge on any atom is -0.376 e. The quantitative estimate of drug-likeness (QED) is 0.737. The normalized spacial score (nSPS) is 17.4. The Morgan fingerprint density at radius 1 is 1.26 bits per heavy atom. The first-order valence-electron chi connectivity index (χ1n) is 9.69. The lowest BCUT2D eigenvalue weighted by molar-refractivity contribution is 0.00211. The van der Waals surface area contributed by atoms with Gasteiger partial charge in [-0.15, -0.1) is 0 Å². The third-order valence-corrected chi connectivity index (χ3v) is 5.09. The highest BCUT2D eigenvalue weighted by atomic mass is 16.5. The fourth-order valence-corrected chi connectivity index (χ4v) is 3.67. The second-order valence-corrected chi connectivity index (χ2v) is 7.10. The first-order chi connectivity index (χ1) is 13.2. The number of nitrogens with one attached hydrogen (secondary N) is 1. The standard InChI is InChI=1S/C22H25N3O2/c1-2-11-27-19-7-4-10-25(14-19)22(26)18-6-3-5-16(12-18)17-8-9-20-21(13-17)24-15-23-20/h3,5-6,8-9,12-13,15,19H,2,4,7,10-11,14H2,1H3,(H,23,24). The maximum Gasteiger partial charge on any atom is 0.253 e. The van der Waals surface area contributed by atoms with Crippen LogP contribution in [0.2, 0.25) is 0 Å². The van der Waals surface area contributed by atoms with E-state index in [1.165, 1.54) is 0 Å². The number of likely N-dealkylation sites (tertiary alicyclic amines) is 1. The van der Waals surface area contributed by atoms with Gasteiger partial charge in [0.25, 0.3) is 5.91 Å². The molecule has 1 saturated heterocycles. The van der Waals surface area contributed by atoms with Crippen LogP contribution in [-0.2, 0) is 4.74 Å². The molecule has 1 aliphatic heterocycles. The lowest BCUT2D eigenvalue weighted by Crippen LogP contribution is -2.43. The van der Waals surface area contributed by atoms with Crippen molar-refractivity contribution in [2.45, 2.75) is 32.3 Å². The minimum atomic E-state index is 0.0873. The van der Waals surface area contributed by atoms with Crippen molar-refractivity contribution >= 4 is 16.9 Å². The van der Waals surface area contributed by atoms with E-state index in [9.17, 15) is 4.79 Å². The van der Waals surface area contributed by atoms with E-state index in [1.54, 1.807) is 6.33 Å². The molecule has 1 atom stereocenters. The Balaban J connectivity index is 1.53. The van der Waals surface area contributed by atoms with Crippen molar-refractivity contribution in [3.63, 3.8) is 0 Å². The van der Waals surface area contributed by atoms with E-state index in [-0.39, 0.29) is 12.0 Å². The minimum absolute atomic E-state index is 0.0873. The summed E-state index contributed by atoms with van der Waals surface area (Å²) in [4.78, 5) is 22.4. The molecule has 140 valence electrons. The average molecular weight is 363 g/mol. The number of hydrogen-bond acceptors (Lipinski definition) is 3. The molecule has 1 unspecified atom stereocenters. The van der Waals surface area contributed by atoms with E-state index in [2.05, 4.69) is 23.0 Å². The third kappa shape index (κ3) is 3.88. The Morgan fingerprint density at radius 2 is 2.15 bits per heavy atom. The zero-order chi connectivity index (χ0) is 18.6. The van der Waals surface area contributed by atoms with Crippen molar-refractivity contribution in [3.05, 3.63) is 54.4 Å². The lowest BCUT2D eigenvalue weighted by Gasteiger charge is -2.32. The molecule has 1 fully saturated rings. The zero-order valence-corrected chi connectivity index (χ0v) is 15.6. The highest BCUT2D eigenvalue weighted by molar-refractivity contribution is 5.96. The van der Waals surface area contributed by atoms with Gasteiger partial charge in [0.05, 0.1) is 23.5 Å². The summed E-state index contributed by atoms with van der Waals surface area (Å²) in [6, 6.07) is 14.0. The van der Waals surface area contributed by atoms with Crippen molar-refractivity contribution in [1.82, 2.24) is 14.9 Å². The molecule has 5 heteroatoms. The predicted octanol–water partition coefficient (Wildman–Crippen LogP) is 4.26. The first-order valence-corrected chi connectivity index (χ1v) is 9.69. The van der Waals surface area contributed by atoms with Gasteiger partial charge in [0.2, 0.25) is 0 Å². The summed E-state index contributed by atoms with van der Waals surface area (Å²) in [5.74, 6) is 0.0873. The second-order valence-electron chi connectivity index (χ2n) is 7.10. The smallest absolute Gasteiger partial charge is 0.253 e. The van der Waals surface area contributed by atoms with Gasteiger partial charge in [0.15, 0.2) is 0 Å². The topological polar surface area (TPSA) is 58.2 Å². The molecule has 0 bridgehead atoms. The first kappa shape index (κ1) is 17.7. The summed E-state index contributed by atoms with van der Waals surface area (Å²) >= 11 is 0. The number of benzene rings is 2. The fourth-order valence-electron chi connectivity index (χ4n) is 3.67. The Morgan fingerprint density at radius 3 is 3.04 bits per heavy atom. The summed E-state index contributed by atoms with van der Waals surface area (Å²) in [6.07, 6.45) is 4.90. The molecular weight excluding hydrogens is 338 g/mol. The van der Waals surface area contributed by atoms with Crippen LogP contribution in [0, 0.1) is 0 Å². The van der Waals surface area contributed by atoms with Gasteiger partial charge in [-0.3, -0.25) is 4.79 Å². The molecule has 0 radical (unpaired) electrons. The van der Waals surface area contributed by atoms with Crippen LogP contribution in [0.4, 0.5) is 0 Å². The number of rotatable bonds is 5. The molecule has 4 rings (SSSR count). The molecule has 5 nitrogen and oxygen atoms in total. The Bertz CT molecular complexity index is 934. The molecule has 0 saturated carbocycles. The second kappa shape index (κ2) is 7.92. The van der Waals surface area contributed by atoms with Crippen LogP contribution >= 0.6 is 0 Å². The predicted molar refractivity (Wildman–Crippen MR) is 107 cm³/mol. The maximum absolute atomic E-state index is 13.0. The Labute approximate surface area is 159 Å². The highest BCUT2D eigenvalue weighted by Crippen LogP contribution is 2.25. The zero-order valence-electron chi connectivity index (χ0n) is 15.6. The van der Waals surface area contributed by atoms with Gasteiger partial charge in [0, 0.05) is 25.3 Å². The molecule has 1 amide bonds. The van der Waals surface area contributed by atoms with E-state index in [1.807, 2.05) is 41.3 Å². The number of aromatic amines is 1.